The van der Waals surface area contributed by atoms with Crippen molar-refractivity contribution >= 4 is 5.97 Å². The minimum atomic E-state index is -0.999. The van der Waals surface area contributed by atoms with Gasteiger partial charge in [0.1, 0.15) is 11.5 Å². The topological polar surface area (TPSA) is 118 Å². The number of carbonyl (C=O) groups is 1. The molecular weight excluding hydrogens is 396 g/mol. The van der Waals surface area contributed by atoms with Crippen LogP contribution in [0.15, 0.2) is 59.7 Å². The number of rotatable bonds is 7. The molecule has 0 amide bonds. The van der Waals surface area contributed by atoms with E-state index < -0.39 is 18.2 Å². The summed E-state index contributed by atoms with van der Waals surface area (Å²) in [6.45, 7) is 8.91. The quantitative estimate of drug-likeness (QED) is 0.417. The Kier molecular flexibility index (Phi) is 9.75. The molecule has 2 rings (SSSR count). The lowest BCUT2D eigenvalue weighted by Gasteiger charge is -2.26. The van der Waals surface area contributed by atoms with Crippen LogP contribution in [0.5, 0.6) is 11.5 Å². The smallest absolute Gasteiger partial charge is 0.331 e. The maximum Gasteiger partial charge on any atom is 0.331 e. The van der Waals surface area contributed by atoms with Crippen LogP contribution in [0.1, 0.15) is 58.6 Å². The van der Waals surface area contributed by atoms with E-state index in [2.05, 4.69) is 13.8 Å². The van der Waals surface area contributed by atoms with E-state index in [1.54, 1.807) is 38.1 Å². The molecule has 6 nitrogen and oxygen atoms in total. The molecule has 0 fully saturated rings. The van der Waals surface area contributed by atoms with Gasteiger partial charge in [0.15, 0.2) is 0 Å². The highest BCUT2D eigenvalue weighted by Gasteiger charge is 2.22. The van der Waals surface area contributed by atoms with Crippen LogP contribution in [0, 0.1) is 0 Å². The molecule has 0 spiro atoms. The van der Waals surface area contributed by atoms with Gasteiger partial charge in [-0.2, -0.15) is 0 Å². The molecule has 0 bridgehead atoms. The normalized spacial score (nSPS) is 12.9. The number of phenolic OH excluding ortho intramolecular Hbond substituents is 2. The minimum absolute atomic E-state index is 0.151. The number of aliphatic hydroxyl groups excluding tert-OH is 2. The maximum absolute atomic E-state index is 10.7. The molecule has 0 heterocycles. The van der Waals surface area contributed by atoms with Crippen molar-refractivity contribution in [2.24, 2.45) is 0 Å². The Morgan fingerprint density at radius 2 is 1.13 bits per heavy atom. The Morgan fingerprint density at radius 3 is 1.39 bits per heavy atom. The molecule has 2 aromatic rings. The lowest BCUT2D eigenvalue weighted by atomic mass is 9.78. The van der Waals surface area contributed by atoms with E-state index >= 15 is 0 Å². The number of hydrogen-bond acceptors (Lipinski definition) is 5. The van der Waals surface area contributed by atoms with Crippen LogP contribution < -0.4 is 0 Å². The standard InChI is InChI=1S/C15H16O2.C10H18O4/c1-15(2,11-3-7-13(16)8-4-11)12-5-9-14(17)10-6-12;1-6(11)4-9(5-7(2)12)8(3)10(13)14/h3-10,16-17H,1-2H3;6-7,11-12H,4-5H2,1-3H3,(H,13,14). The summed E-state index contributed by atoms with van der Waals surface area (Å²) in [6, 6.07) is 14.4. The van der Waals surface area contributed by atoms with Crippen molar-refractivity contribution in [3.8, 4) is 11.5 Å². The summed E-state index contributed by atoms with van der Waals surface area (Å²) in [5.41, 5.74) is 2.91. The molecule has 6 heteroatoms. The van der Waals surface area contributed by atoms with Gasteiger partial charge >= 0.3 is 5.97 Å². The van der Waals surface area contributed by atoms with E-state index in [1.165, 1.54) is 6.92 Å². The average Bonchev–Trinajstić information content (AvgIpc) is 2.67. The molecule has 170 valence electrons. The minimum Gasteiger partial charge on any atom is -0.508 e. The number of hydrogen-bond donors (Lipinski definition) is 5. The lowest BCUT2D eigenvalue weighted by Crippen LogP contribution is -2.18. The SMILES string of the molecule is CC(C(=O)O)=C(CC(C)O)CC(C)O.CC(C)(c1ccc(O)cc1)c1ccc(O)cc1. The van der Waals surface area contributed by atoms with Gasteiger partial charge in [-0.15, -0.1) is 0 Å². The van der Waals surface area contributed by atoms with Gasteiger partial charge in [-0.25, -0.2) is 4.79 Å². The summed E-state index contributed by atoms with van der Waals surface area (Å²) >= 11 is 0. The van der Waals surface area contributed by atoms with E-state index in [-0.39, 0.29) is 22.5 Å². The third-order valence-electron chi connectivity index (χ3n) is 5.11. The second kappa shape index (κ2) is 11.5. The summed E-state index contributed by atoms with van der Waals surface area (Å²) < 4.78 is 0. The molecule has 0 aliphatic carbocycles. The predicted octanol–water partition coefficient (Wildman–Crippen LogP) is 4.35. The molecule has 0 aliphatic rings. The summed E-state index contributed by atoms with van der Waals surface area (Å²) in [4.78, 5) is 10.7. The fraction of sp³-hybridized carbons (Fsp3) is 0.400. The Balaban J connectivity index is 0.000000318. The number of aromatic hydroxyl groups is 2. The first-order valence-corrected chi connectivity index (χ1v) is 10.2. The second-order valence-corrected chi connectivity index (χ2v) is 8.36. The number of aliphatic carboxylic acids is 1. The van der Waals surface area contributed by atoms with Crippen molar-refractivity contribution < 1.29 is 30.3 Å². The molecule has 0 aromatic heterocycles. The first-order chi connectivity index (χ1) is 14.3. The molecule has 0 saturated heterocycles. The van der Waals surface area contributed by atoms with Gasteiger partial charge < -0.3 is 25.5 Å². The van der Waals surface area contributed by atoms with Crippen LogP contribution in [0.2, 0.25) is 0 Å². The van der Waals surface area contributed by atoms with Crippen molar-refractivity contribution in [2.45, 2.75) is 65.1 Å². The summed E-state index contributed by atoms with van der Waals surface area (Å²) in [6.07, 6.45) is -0.581. The van der Waals surface area contributed by atoms with Crippen LogP contribution in [-0.4, -0.2) is 43.7 Å². The molecule has 31 heavy (non-hydrogen) atoms. The molecule has 2 atom stereocenters. The Morgan fingerprint density at radius 1 is 0.806 bits per heavy atom. The number of aliphatic hydroxyl groups is 2. The highest BCUT2D eigenvalue weighted by molar-refractivity contribution is 5.86. The van der Waals surface area contributed by atoms with Crippen molar-refractivity contribution in [3.63, 3.8) is 0 Å². The molecule has 0 saturated carbocycles. The van der Waals surface area contributed by atoms with Crippen molar-refractivity contribution in [1.82, 2.24) is 0 Å². The van der Waals surface area contributed by atoms with E-state index in [9.17, 15) is 15.0 Å². The summed E-state index contributed by atoms with van der Waals surface area (Å²) in [5.74, 6) is -0.452. The number of carboxylic acids is 1. The van der Waals surface area contributed by atoms with Crippen molar-refractivity contribution in [3.05, 3.63) is 70.8 Å². The lowest BCUT2D eigenvalue weighted by molar-refractivity contribution is -0.132. The van der Waals surface area contributed by atoms with E-state index in [0.717, 1.165) is 11.1 Å². The Bertz CT molecular complexity index is 802. The van der Waals surface area contributed by atoms with Crippen LogP contribution >= 0.6 is 0 Å². The Hall–Kier alpha value is -2.83. The fourth-order valence-corrected chi connectivity index (χ4v) is 3.18. The van der Waals surface area contributed by atoms with E-state index in [4.69, 9.17) is 15.3 Å². The van der Waals surface area contributed by atoms with Gasteiger partial charge in [0, 0.05) is 11.0 Å². The van der Waals surface area contributed by atoms with Crippen LogP contribution in [0.4, 0.5) is 0 Å². The zero-order chi connectivity index (χ0) is 23.8. The molecule has 0 aliphatic heterocycles. The predicted molar refractivity (Wildman–Crippen MR) is 121 cm³/mol. The monoisotopic (exact) mass is 430 g/mol. The molecule has 2 aromatic carbocycles. The van der Waals surface area contributed by atoms with Gasteiger partial charge in [0.25, 0.3) is 0 Å². The third-order valence-corrected chi connectivity index (χ3v) is 5.11. The van der Waals surface area contributed by atoms with Gasteiger partial charge in [-0.05, 0) is 69.0 Å². The first kappa shape index (κ1) is 26.2. The van der Waals surface area contributed by atoms with Gasteiger partial charge in [-0.3, -0.25) is 0 Å². The molecule has 5 N–H and O–H groups in total. The number of phenols is 2. The Labute approximate surface area is 184 Å². The van der Waals surface area contributed by atoms with Crippen LogP contribution in [0.25, 0.3) is 0 Å². The number of benzene rings is 2. The van der Waals surface area contributed by atoms with E-state index in [0.29, 0.717) is 18.4 Å². The number of carboxylic acid groups (broad SMARTS) is 1. The zero-order valence-corrected chi connectivity index (χ0v) is 18.8. The molecule has 2 unspecified atom stereocenters. The van der Waals surface area contributed by atoms with Crippen LogP contribution in [0.3, 0.4) is 0 Å². The maximum atomic E-state index is 10.7. The van der Waals surface area contributed by atoms with Crippen molar-refractivity contribution in [2.75, 3.05) is 0 Å². The second-order valence-electron chi connectivity index (χ2n) is 8.36. The molecular formula is C25H34O6. The van der Waals surface area contributed by atoms with Gasteiger partial charge in [-0.1, -0.05) is 43.7 Å². The highest BCUT2D eigenvalue weighted by atomic mass is 16.4. The van der Waals surface area contributed by atoms with Crippen LogP contribution in [-0.2, 0) is 10.2 Å². The third kappa shape index (κ3) is 8.44. The molecule has 0 radical (unpaired) electrons. The first-order valence-electron chi connectivity index (χ1n) is 10.2. The van der Waals surface area contributed by atoms with E-state index in [1.807, 2.05) is 24.3 Å². The fourth-order valence-electron chi connectivity index (χ4n) is 3.18. The highest BCUT2D eigenvalue weighted by Crippen LogP contribution is 2.32. The van der Waals surface area contributed by atoms with Crippen molar-refractivity contribution in [1.29, 1.82) is 0 Å². The van der Waals surface area contributed by atoms with Gasteiger partial charge in [0.05, 0.1) is 12.2 Å². The average molecular weight is 431 g/mol. The largest absolute Gasteiger partial charge is 0.508 e. The summed E-state index contributed by atoms with van der Waals surface area (Å²) in [5, 5.41) is 45.7. The zero-order valence-electron chi connectivity index (χ0n) is 18.8. The van der Waals surface area contributed by atoms with Gasteiger partial charge in [0.2, 0.25) is 0 Å². The summed E-state index contributed by atoms with van der Waals surface area (Å²) in [7, 11) is 0.